The lowest BCUT2D eigenvalue weighted by Gasteiger charge is -2.18. The first-order valence-electron chi connectivity index (χ1n) is 10.0. The highest BCUT2D eigenvalue weighted by molar-refractivity contribution is 6.16. The summed E-state index contributed by atoms with van der Waals surface area (Å²) in [6, 6.07) is 14.2. The van der Waals surface area contributed by atoms with Crippen LogP contribution in [0, 0.1) is 0 Å². The summed E-state index contributed by atoms with van der Waals surface area (Å²) < 4.78 is 14.8. The predicted octanol–water partition coefficient (Wildman–Crippen LogP) is 3.40. The minimum absolute atomic E-state index is 0.240. The summed E-state index contributed by atoms with van der Waals surface area (Å²) >= 11 is 0. The molecular formula is C25H25NO6. The highest BCUT2D eigenvalue weighted by Crippen LogP contribution is 2.32. The van der Waals surface area contributed by atoms with Gasteiger partial charge in [-0.2, -0.15) is 0 Å². The van der Waals surface area contributed by atoms with Crippen LogP contribution in [0.4, 0.5) is 0 Å². The molecule has 166 valence electrons. The number of rotatable bonds is 7. The number of allylic oxidation sites excluding steroid dienone is 1. The van der Waals surface area contributed by atoms with Gasteiger partial charge < -0.3 is 19.1 Å². The number of benzene rings is 2. The number of hydrogen-bond donors (Lipinski definition) is 0. The lowest BCUT2D eigenvalue weighted by molar-refractivity contribution is -0.136. The fourth-order valence-corrected chi connectivity index (χ4v) is 3.53. The first-order chi connectivity index (χ1) is 15.4. The molecule has 0 aromatic heterocycles. The second-order valence-corrected chi connectivity index (χ2v) is 7.18. The molecule has 0 saturated heterocycles. The van der Waals surface area contributed by atoms with Crippen molar-refractivity contribution in [2.24, 2.45) is 0 Å². The van der Waals surface area contributed by atoms with E-state index < -0.39 is 11.9 Å². The van der Waals surface area contributed by atoms with Crippen molar-refractivity contribution in [3.63, 3.8) is 0 Å². The molecular weight excluding hydrogens is 410 g/mol. The summed E-state index contributed by atoms with van der Waals surface area (Å²) in [4.78, 5) is 38.9. The van der Waals surface area contributed by atoms with Gasteiger partial charge in [-0.05, 0) is 54.8 Å². The molecule has 2 aromatic rings. The highest BCUT2D eigenvalue weighted by Gasteiger charge is 2.36. The van der Waals surface area contributed by atoms with Crippen LogP contribution in [-0.4, -0.2) is 50.6 Å². The molecule has 7 heteroatoms. The van der Waals surface area contributed by atoms with E-state index in [-0.39, 0.29) is 17.1 Å². The number of methoxy groups -OCH3 is 3. The van der Waals surface area contributed by atoms with Gasteiger partial charge in [0.15, 0.2) is 0 Å². The van der Waals surface area contributed by atoms with Crippen molar-refractivity contribution in [2.45, 2.75) is 13.3 Å². The lowest BCUT2D eigenvalue weighted by Crippen LogP contribution is -2.27. The van der Waals surface area contributed by atoms with Crippen LogP contribution < -0.4 is 4.74 Å². The van der Waals surface area contributed by atoms with Gasteiger partial charge in [0.05, 0.1) is 38.0 Å². The Hall–Kier alpha value is -3.87. The average molecular weight is 435 g/mol. The third kappa shape index (κ3) is 4.72. The monoisotopic (exact) mass is 435 g/mol. The molecule has 0 N–H and O–H groups in total. The summed E-state index contributed by atoms with van der Waals surface area (Å²) in [6.45, 7) is 2.15. The van der Waals surface area contributed by atoms with Crippen LogP contribution in [0.2, 0.25) is 0 Å². The Morgan fingerprint density at radius 1 is 0.906 bits per heavy atom. The quantitative estimate of drug-likeness (QED) is 0.490. The molecule has 1 aliphatic rings. The summed E-state index contributed by atoms with van der Waals surface area (Å²) in [5.41, 5.74) is 3.16. The van der Waals surface area contributed by atoms with Crippen LogP contribution in [0.25, 0.3) is 6.08 Å². The van der Waals surface area contributed by atoms with Crippen molar-refractivity contribution in [1.29, 1.82) is 0 Å². The van der Waals surface area contributed by atoms with Gasteiger partial charge in [-0.1, -0.05) is 24.3 Å². The Balaban J connectivity index is 1.87. The highest BCUT2D eigenvalue weighted by atomic mass is 16.5. The van der Waals surface area contributed by atoms with Crippen LogP contribution in [0.15, 0.2) is 65.4 Å². The SMILES string of the molecule is COC(=O)C1=C(C)N(CCc2ccc(OC)cc2)C(=O)/C1=C\c1ccc(C(=O)OC)cc1. The van der Waals surface area contributed by atoms with E-state index in [9.17, 15) is 14.4 Å². The standard InChI is InChI=1S/C25H25NO6/c1-16-22(25(29)32-4)21(15-18-5-9-19(10-6-18)24(28)31-3)23(27)26(16)14-13-17-7-11-20(30-2)12-8-17/h5-12,15H,13-14H2,1-4H3/b21-15-. The smallest absolute Gasteiger partial charge is 0.340 e. The molecule has 0 aliphatic carbocycles. The molecule has 0 fully saturated rings. The topological polar surface area (TPSA) is 82.1 Å². The molecule has 3 rings (SSSR count). The van der Waals surface area contributed by atoms with Crippen molar-refractivity contribution >= 4 is 23.9 Å². The third-order valence-corrected chi connectivity index (χ3v) is 5.33. The molecule has 32 heavy (non-hydrogen) atoms. The molecule has 1 aliphatic heterocycles. The Morgan fingerprint density at radius 2 is 1.53 bits per heavy atom. The molecule has 0 unspecified atom stereocenters. The fraction of sp³-hybridized carbons (Fsp3) is 0.240. The summed E-state index contributed by atoms with van der Waals surface area (Å²) in [5, 5.41) is 0. The van der Waals surface area contributed by atoms with E-state index in [1.165, 1.54) is 14.2 Å². The zero-order valence-corrected chi connectivity index (χ0v) is 18.5. The molecule has 2 aromatic carbocycles. The van der Waals surface area contributed by atoms with Gasteiger partial charge in [0, 0.05) is 12.2 Å². The molecule has 0 saturated carbocycles. The van der Waals surface area contributed by atoms with Gasteiger partial charge in [-0.3, -0.25) is 4.79 Å². The molecule has 0 radical (unpaired) electrons. The van der Waals surface area contributed by atoms with Gasteiger partial charge in [0.1, 0.15) is 5.75 Å². The first kappa shape index (κ1) is 22.8. The summed E-state index contributed by atoms with van der Waals surface area (Å²) in [5.74, 6) is -0.524. The van der Waals surface area contributed by atoms with Crippen LogP contribution >= 0.6 is 0 Å². The number of ether oxygens (including phenoxy) is 3. The molecule has 1 amide bonds. The minimum Gasteiger partial charge on any atom is -0.497 e. The maximum atomic E-state index is 13.2. The van der Waals surface area contributed by atoms with Crippen molar-refractivity contribution in [2.75, 3.05) is 27.9 Å². The second-order valence-electron chi connectivity index (χ2n) is 7.18. The first-order valence-corrected chi connectivity index (χ1v) is 10.0. The van der Waals surface area contributed by atoms with Crippen LogP contribution in [0.3, 0.4) is 0 Å². The van der Waals surface area contributed by atoms with E-state index in [1.807, 2.05) is 24.3 Å². The molecule has 0 spiro atoms. The number of nitrogens with zero attached hydrogens (tertiary/aromatic N) is 1. The van der Waals surface area contributed by atoms with Gasteiger partial charge in [-0.15, -0.1) is 0 Å². The van der Waals surface area contributed by atoms with Crippen molar-refractivity contribution < 1.29 is 28.6 Å². The number of amides is 1. The van der Waals surface area contributed by atoms with Gasteiger partial charge in [-0.25, -0.2) is 9.59 Å². The molecule has 0 atom stereocenters. The van der Waals surface area contributed by atoms with E-state index in [4.69, 9.17) is 14.2 Å². The number of esters is 2. The van der Waals surface area contributed by atoms with E-state index in [0.29, 0.717) is 29.8 Å². The second kappa shape index (κ2) is 9.96. The molecule has 7 nitrogen and oxygen atoms in total. The Morgan fingerprint density at radius 3 is 2.09 bits per heavy atom. The van der Waals surface area contributed by atoms with E-state index in [1.54, 1.807) is 49.3 Å². The van der Waals surface area contributed by atoms with Gasteiger partial charge in [0.25, 0.3) is 5.91 Å². The third-order valence-electron chi connectivity index (χ3n) is 5.33. The Bertz CT molecular complexity index is 1080. The predicted molar refractivity (Wildman–Crippen MR) is 119 cm³/mol. The Labute approximate surface area is 186 Å². The summed E-state index contributed by atoms with van der Waals surface area (Å²) in [7, 11) is 4.21. The van der Waals surface area contributed by atoms with Gasteiger partial charge in [0.2, 0.25) is 0 Å². The number of carbonyl (C=O) groups excluding carboxylic acids is 3. The zero-order valence-electron chi connectivity index (χ0n) is 18.5. The zero-order chi connectivity index (χ0) is 23.3. The van der Waals surface area contributed by atoms with E-state index in [0.717, 1.165) is 11.3 Å². The summed E-state index contributed by atoms with van der Waals surface area (Å²) in [6.07, 6.45) is 2.25. The number of carbonyl (C=O) groups is 3. The lowest BCUT2D eigenvalue weighted by atomic mass is 10.0. The van der Waals surface area contributed by atoms with Crippen molar-refractivity contribution in [3.05, 3.63) is 82.1 Å². The maximum Gasteiger partial charge on any atom is 0.340 e. The molecule has 0 bridgehead atoms. The average Bonchev–Trinajstić information content (AvgIpc) is 3.06. The normalized spacial score (nSPS) is 14.7. The Kier molecular flexibility index (Phi) is 7.10. The van der Waals surface area contributed by atoms with Crippen molar-refractivity contribution in [1.82, 2.24) is 4.90 Å². The van der Waals surface area contributed by atoms with Crippen LogP contribution in [0.5, 0.6) is 5.75 Å². The number of hydrogen-bond acceptors (Lipinski definition) is 6. The van der Waals surface area contributed by atoms with E-state index >= 15 is 0 Å². The van der Waals surface area contributed by atoms with Gasteiger partial charge >= 0.3 is 11.9 Å². The van der Waals surface area contributed by atoms with Crippen LogP contribution in [-0.2, 0) is 25.5 Å². The minimum atomic E-state index is -0.569. The largest absolute Gasteiger partial charge is 0.497 e. The van der Waals surface area contributed by atoms with Crippen molar-refractivity contribution in [3.8, 4) is 5.75 Å². The fourth-order valence-electron chi connectivity index (χ4n) is 3.53. The maximum absolute atomic E-state index is 13.2. The molecule has 1 heterocycles. The van der Waals surface area contributed by atoms with Crippen LogP contribution in [0.1, 0.15) is 28.4 Å². The van der Waals surface area contributed by atoms with E-state index in [2.05, 4.69) is 0 Å².